The van der Waals surface area contributed by atoms with Gasteiger partial charge < -0.3 is 15.4 Å². The Bertz CT molecular complexity index is 1270. The largest absolute Gasteiger partial charge is 0.453 e. The molecule has 0 aliphatic carbocycles. The van der Waals surface area contributed by atoms with E-state index in [1.807, 2.05) is 0 Å². The summed E-state index contributed by atoms with van der Waals surface area (Å²) < 4.78 is 72.0. The molecule has 0 saturated carbocycles. The number of fused-ring (bicyclic) bond motifs is 1. The molecule has 4 rings (SSSR count). The molecule has 0 radical (unpaired) electrons. The highest BCUT2D eigenvalue weighted by Crippen LogP contribution is 2.37. The summed E-state index contributed by atoms with van der Waals surface area (Å²) in [7, 11) is 0. The summed E-state index contributed by atoms with van der Waals surface area (Å²) in [6.07, 6.45) is -4.71. The minimum absolute atomic E-state index is 0.0115. The molecule has 0 bridgehead atoms. The van der Waals surface area contributed by atoms with Crippen molar-refractivity contribution in [3.8, 4) is 11.5 Å². The van der Waals surface area contributed by atoms with Gasteiger partial charge in [-0.2, -0.15) is 13.2 Å². The monoisotopic (exact) mass is 462 g/mol. The van der Waals surface area contributed by atoms with Gasteiger partial charge in [0.2, 0.25) is 0 Å². The lowest BCUT2D eigenvalue weighted by Crippen LogP contribution is -2.23. The first-order valence-corrected chi connectivity index (χ1v) is 9.58. The van der Waals surface area contributed by atoms with E-state index in [9.17, 15) is 31.5 Å². The van der Waals surface area contributed by atoms with Gasteiger partial charge in [-0.25, -0.2) is 8.78 Å². The number of rotatable bonds is 5. The number of primary amides is 1. The van der Waals surface area contributed by atoms with Gasteiger partial charge in [0, 0.05) is 13.1 Å². The topological polar surface area (TPSA) is 72.6 Å². The molecule has 2 amide bonds. The number of hydrogen-bond acceptors (Lipinski definition) is 3. The number of carbonyl (C=O) groups excluding carboxylic acids is 2. The van der Waals surface area contributed by atoms with E-state index in [1.165, 1.54) is 23.1 Å². The van der Waals surface area contributed by atoms with Crippen molar-refractivity contribution in [2.24, 2.45) is 5.73 Å². The summed E-state index contributed by atoms with van der Waals surface area (Å²) in [6.45, 7) is 0.164. The van der Waals surface area contributed by atoms with Crippen LogP contribution in [0, 0.1) is 11.6 Å². The van der Waals surface area contributed by atoms with Crippen molar-refractivity contribution in [2.75, 3.05) is 0 Å². The van der Waals surface area contributed by atoms with Gasteiger partial charge in [0.15, 0.2) is 11.6 Å². The van der Waals surface area contributed by atoms with Crippen molar-refractivity contribution >= 4 is 11.8 Å². The number of nitrogens with zero attached hydrogens (tertiary/aromatic N) is 1. The van der Waals surface area contributed by atoms with Gasteiger partial charge >= 0.3 is 6.18 Å². The lowest BCUT2D eigenvalue weighted by molar-refractivity contribution is -0.137. The molecule has 1 heterocycles. The van der Waals surface area contributed by atoms with Crippen LogP contribution in [0.2, 0.25) is 0 Å². The van der Waals surface area contributed by atoms with E-state index in [4.69, 9.17) is 10.5 Å². The highest BCUT2D eigenvalue weighted by Gasteiger charge is 2.33. The predicted molar refractivity (Wildman–Crippen MR) is 106 cm³/mol. The van der Waals surface area contributed by atoms with Gasteiger partial charge in [-0.15, -0.1) is 0 Å². The highest BCUT2D eigenvalue weighted by atomic mass is 19.4. The van der Waals surface area contributed by atoms with Gasteiger partial charge in [0.25, 0.3) is 11.8 Å². The lowest BCUT2D eigenvalue weighted by Gasteiger charge is -2.16. The van der Waals surface area contributed by atoms with Crippen molar-refractivity contribution in [3.63, 3.8) is 0 Å². The van der Waals surface area contributed by atoms with Crippen LogP contribution in [0.4, 0.5) is 22.0 Å². The first-order valence-electron chi connectivity index (χ1n) is 9.58. The minimum Gasteiger partial charge on any atom is -0.453 e. The molecule has 3 aromatic carbocycles. The molecule has 0 saturated heterocycles. The van der Waals surface area contributed by atoms with Gasteiger partial charge in [-0.05, 0) is 47.5 Å². The van der Waals surface area contributed by atoms with E-state index < -0.39 is 40.9 Å². The second-order valence-electron chi connectivity index (χ2n) is 7.37. The zero-order valence-electron chi connectivity index (χ0n) is 16.7. The van der Waals surface area contributed by atoms with Gasteiger partial charge in [-0.1, -0.05) is 18.2 Å². The maximum atomic E-state index is 14.2. The van der Waals surface area contributed by atoms with Crippen LogP contribution in [0.5, 0.6) is 11.5 Å². The number of nitrogens with two attached hydrogens (primary N) is 1. The first-order chi connectivity index (χ1) is 15.5. The van der Waals surface area contributed by atoms with Gasteiger partial charge in [0.05, 0.1) is 16.7 Å². The molecule has 2 N–H and O–H groups in total. The average molecular weight is 462 g/mol. The normalized spacial score (nSPS) is 13.2. The minimum atomic E-state index is -4.71. The average Bonchev–Trinajstić information content (AvgIpc) is 3.05. The Morgan fingerprint density at radius 2 is 1.76 bits per heavy atom. The maximum absolute atomic E-state index is 14.2. The van der Waals surface area contributed by atoms with Crippen molar-refractivity contribution in [3.05, 3.63) is 94.0 Å². The summed E-state index contributed by atoms with van der Waals surface area (Å²) in [5.74, 6) is -3.92. The Balaban J connectivity index is 1.57. The van der Waals surface area contributed by atoms with Crippen molar-refractivity contribution in [1.29, 1.82) is 0 Å². The Hall–Kier alpha value is -3.95. The summed E-state index contributed by atoms with van der Waals surface area (Å²) in [6, 6.07) is 10.3. The molecule has 1 aliphatic rings. The first kappa shape index (κ1) is 22.3. The second kappa shape index (κ2) is 8.19. The quantitative estimate of drug-likeness (QED) is 0.541. The molecule has 3 aromatic rings. The lowest BCUT2D eigenvalue weighted by atomic mass is 10.1. The Morgan fingerprint density at radius 3 is 2.39 bits per heavy atom. The number of carbonyl (C=O) groups is 2. The van der Waals surface area contributed by atoms with E-state index in [2.05, 4.69) is 0 Å². The zero-order chi connectivity index (χ0) is 23.9. The number of amides is 2. The van der Waals surface area contributed by atoms with E-state index in [0.29, 0.717) is 23.3 Å². The molecular weight excluding hydrogens is 447 g/mol. The number of ether oxygens (including phenoxy) is 1. The van der Waals surface area contributed by atoms with E-state index in [1.54, 1.807) is 12.1 Å². The fourth-order valence-corrected chi connectivity index (χ4v) is 3.55. The molecule has 0 spiro atoms. The van der Waals surface area contributed by atoms with Gasteiger partial charge in [-0.3, -0.25) is 9.59 Å². The molecule has 1 aliphatic heterocycles. The molecule has 170 valence electrons. The maximum Gasteiger partial charge on any atom is 0.416 e. The van der Waals surface area contributed by atoms with E-state index in [0.717, 1.165) is 12.1 Å². The SMILES string of the molecule is NC(=O)c1ccc(CN2Cc3cccc(Oc4ccc(C(F)(F)F)cc4F)c3C2=O)cc1F. The fraction of sp³-hybridized carbons (Fsp3) is 0.130. The van der Waals surface area contributed by atoms with Crippen LogP contribution in [-0.4, -0.2) is 16.7 Å². The third-order valence-corrected chi connectivity index (χ3v) is 5.13. The van der Waals surface area contributed by atoms with Crippen molar-refractivity contribution in [1.82, 2.24) is 4.90 Å². The predicted octanol–water partition coefficient (Wildman–Crippen LogP) is 5.03. The Labute approximate surface area is 184 Å². The van der Waals surface area contributed by atoms with Gasteiger partial charge in [0.1, 0.15) is 11.6 Å². The summed E-state index contributed by atoms with van der Waals surface area (Å²) in [5, 5.41) is 0. The van der Waals surface area contributed by atoms with Crippen LogP contribution in [0.15, 0.2) is 54.6 Å². The zero-order valence-corrected chi connectivity index (χ0v) is 16.7. The number of halogens is 5. The third kappa shape index (κ3) is 4.36. The standard InChI is InChI=1S/C23H15F5N2O3/c24-16-8-12(4-6-15(16)21(29)31)10-30-11-13-2-1-3-19(20(13)22(30)32)33-18-7-5-14(9-17(18)25)23(26,27)28/h1-9H,10-11H2,(H2,29,31). The number of hydrogen-bond donors (Lipinski definition) is 1. The van der Waals surface area contributed by atoms with Crippen LogP contribution < -0.4 is 10.5 Å². The Morgan fingerprint density at radius 1 is 1.00 bits per heavy atom. The van der Waals surface area contributed by atoms with Crippen LogP contribution >= 0.6 is 0 Å². The van der Waals surface area contributed by atoms with Crippen molar-refractivity contribution < 1.29 is 36.3 Å². The van der Waals surface area contributed by atoms with Crippen LogP contribution in [-0.2, 0) is 19.3 Å². The third-order valence-electron chi connectivity index (χ3n) is 5.13. The van der Waals surface area contributed by atoms with Crippen LogP contribution in [0.25, 0.3) is 0 Å². The molecular formula is C23H15F5N2O3. The molecule has 0 atom stereocenters. The summed E-state index contributed by atoms with van der Waals surface area (Å²) in [5.41, 5.74) is 4.75. The van der Waals surface area contributed by atoms with E-state index in [-0.39, 0.29) is 30.0 Å². The van der Waals surface area contributed by atoms with E-state index >= 15 is 0 Å². The smallest absolute Gasteiger partial charge is 0.416 e. The van der Waals surface area contributed by atoms with Crippen LogP contribution in [0.3, 0.4) is 0 Å². The number of alkyl halides is 3. The molecule has 0 aromatic heterocycles. The molecule has 0 fully saturated rings. The molecule has 5 nitrogen and oxygen atoms in total. The fourth-order valence-electron chi connectivity index (χ4n) is 3.55. The van der Waals surface area contributed by atoms with Crippen molar-refractivity contribution in [2.45, 2.75) is 19.3 Å². The summed E-state index contributed by atoms with van der Waals surface area (Å²) in [4.78, 5) is 25.5. The molecule has 0 unspecified atom stereocenters. The Kier molecular flexibility index (Phi) is 5.52. The highest BCUT2D eigenvalue weighted by molar-refractivity contribution is 6.01. The molecule has 33 heavy (non-hydrogen) atoms. The second-order valence-corrected chi connectivity index (χ2v) is 7.37. The molecule has 10 heteroatoms. The summed E-state index contributed by atoms with van der Waals surface area (Å²) >= 11 is 0. The number of benzene rings is 3. The van der Waals surface area contributed by atoms with Crippen LogP contribution in [0.1, 0.15) is 37.4 Å².